The molecule has 0 N–H and O–H groups in total. The van der Waals surface area contributed by atoms with Gasteiger partial charge < -0.3 is 4.57 Å². The molecule has 7 heteroatoms. The number of hydrogen-bond donors (Lipinski definition) is 0. The van der Waals surface area contributed by atoms with E-state index in [4.69, 9.17) is 6.57 Å². The Bertz CT molecular complexity index is 937. The Morgan fingerprint density at radius 2 is 2.13 bits per heavy atom. The number of nitrogens with zero attached hydrogens (tertiary/aromatic N) is 5. The van der Waals surface area contributed by atoms with E-state index in [1.807, 2.05) is 4.57 Å². The maximum Gasteiger partial charge on any atom is 0.281 e. The van der Waals surface area contributed by atoms with E-state index in [0.717, 1.165) is 24.7 Å². The van der Waals surface area contributed by atoms with Crippen LogP contribution in [0.3, 0.4) is 0 Å². The van der Waals surface area contributed by atoms with Gasteiger partial charge in [-0.1, -0.05) is 6.07 Å². The predicted octanol–water partition coefficient (Wildman–Crippen LogP) is 4.32. The number of alkyl halides is 2. The number of benzene rings is 1. The molecule has 1 aliphatic rings. The summed E-state index contributed by atoms with van der Waals surface area (Å²) in [6, 6.07) is 5.40. The lowest BCUT2D eigenvalue weighted by atomic mass is 10.2. The van der Waals surface area contributed by atoms with Gasteiger partial charge in [0, 0.05) is 12.2 Å². The minimum absolute atomic E-state index is 0.224. The van der Waals surface area contributed by atoms with Crippen molar-refractivity contribution in [2.24, 2.45) is 0 Å². The van der Waals surface area contributed by atoms with Gasteiger partial charge >= 0.3 is 0 Å². The molecule has 0 radical (unpaired) electrons. The van der Waals surface area contributed by atoms with Gasteiger partial charge in [-0.15, -0.1) is 0 Å². The topological polar surface area (TPSA) is 48.0 Å². The first-order chi connectivity index (χ1) is 11.2. The molecule has 4 rings (SSSR count). The van der Waals surface area contributed by atoms with Gasteiger partial charge in [0.2, 0.25) is 0 Å². The van der Waals surface area contributed by atoms with Crippen molar-refractivity contribution in [3.8, 4) is 11.4 Å². The van der Waals surface area contributed by atoms with Gasteiger partial charge in [0.1, 0.15) is 17.8 Å². The monoisotopic (exact) mass is 311 g/mol. The highest BCUT2D eigenvalue weighted by atomic mass is 19.3. The summed E-state index contributed by atoms with van der Waals surface area (Å²) in [5.74, 6) is 0.445. The highest BCUT2D eigenvalue weighted by Gasteiger charge is 2.30. The Morgan fingerprint density at radius 1 is 1.30 bits per heavy atom. The average Bonchev–Trinajstić information content (AvgIpc) is 3.34. The summed E-state index contributed by atoms with van der Waals surface area (Å²) >= 11 is 0. The number of imidazole rings is 1. The third kappa shape index (κ3) is 2.23. The van der Waals surface area contributed by atoms with Crippen molar-refractivity contribution >= 4 is 16.7 Å². The molecule has 3 aromatic rings. The average molecular weight is 311 g/mol. The molecular formula is C16H11F2N5. The summed E-state index contributed by atoms with van der Waals surface area (Å²) in [6.07, 6.45) is 1.74. The quantitative estimate of drug-likeness (QED) is 0.677. The summed E-state index contributed by atoms with van der Waals surface area (Å²) in [7, 11) is 0. The summed E-state index contributed by atoms with van der Waals surface area (Å²) in [6.45, 7) is 7.15. The molecule has 0 aliphatic heterocycles. The molecule has 0 amide bonds. The number of hydrogen-bond acceptors (Lipinski definition) is 3. The maximum atomic E-state index is 13.3. The van der Waals surface area contributed by atoms with E-state index in [2.05, 4.69) is 19.8 Å². The lowest BCUT2D eigenvalue weighted by Gasteiger charge is -2.10. The van der Waals surface area contributed by atoms with Gasteiger partial charge in [-0.3, -0.25) is 0 Å². The minimum atomic E-state index is -2.70. The second-order valence-corrected chi connectivity index (χ2v) is 5.44. The highest BCUT2D eigenvalue weighted by Crippen LogP contribution is 2.42. The fourth-order valence-electron chi connectivity index (χ4n) is 2.73. The second-order valence-electron chi connectivity index (χ2n) is 5.44. The zero-order valence-electron chi connectivity index (χ0n) is 11.9. The molecule has 0 unspecified atom stereocenters. The molecule has 0 spiro atoms. The van der Waals surface area contributed by atoms with Crippen molar-refractivity contribution in [3.05, 3.63) is 47.8 Å². The van der Waals surface area contributed by atoms with Gasteiger partial charge in [0.05, 0.1) is 23.2 Å². The third-order valence-corrected chi connectivity index (χ3v) is 3.90. The standard InChI is InChI=1S/C16H11F2N5/c1-19-9-2-5-12-13(6-9)23(10-3-4-10)16(22-12)11-7-20-8-21-14(11)15(17)18/h2,5-8,10,15H,3-4H2. The smallest absolute Gasteiger partial charge is 0.281 e. The molecule has 1 aliphatic carbocycles. The third-order valence-electron chi connectivity index (χ3n) is 3.90. The fraction of sp³-hybridized carbons (Fsp3) is 0.250. The Hall–Kier alpha value is -2.88. The molecule has 23 heavy (non-hydrogen) atoms. The summed E-state index contributed by atoms with van der Waals surface area (Å²) in [5.41, 5.74) is 1.91. The van der Waals surface area contributed by atoms with Crippen molar-refractivity contribution in [2.75, 3.05) is 0 Å². The number of rotatable bonds is 3. The first-order valence-corrected chi connectivity index (χ1v) is 7.17. The lowest BCUT2D eigenvalue weighted by Crippen LogP contribution is -2.02. The van der Waals surface area contributed by atoms with Gasteiger partial charge in [-0.05, 0) is 25.0 Å². The van der Waals surface area contributed by atoms with E-state index in [0.29, 0.717) is 17.0 Å². The Kier molecular flexibility index (Phi) is 3.05. The molecule has 1 fully saturated rings. The van der Waals surface area contributed by atoms with Crippen molar-refractivity contribution in [2.45, 2.75) is 25.3 Å². The van der Waals surface area contributed by atoms with Crippen LogP contribution >= 0.6 is 0 Å². The molecule has 1 aromatic carbocycles. The number of aromatic nitrogens is 4. The summed E-state index contributed by atoms with van der Waals surface area (Å²) in [4.78, 5) is 15.5. The van der Waals surface area contributed by atoms with Gasteiger partial charge in [-0.25, -0.2) is 28.6 Å². The maximum absolute atomic E-state index is 13.3. The second kappa shape index (κ2) is 5.09. The van der Waals surface area contributed by atoms with Crippen LogP contribution in [0.5, 0.6) is 0 Å². The first kappa shape index (κ1) is 13.8. The van der Waals surface area contributed by atoms with Gasteiger partial charge in [0.15, 0.2) is 5.69 Å². The summed E-state index contributed by atoms with van der Waals surface area (Å²) in [5, 5.41) is 0. The molecule has 2 aromatic heterocycles. The molecule has 114 valence electrons. The van der Waals surface area contributed by atoms with E-state index < -0.39 is 6.43 Å². The highest BCUT2D eigenvalue weighted by molar-refractivity contribution is 5.84. The predicted molar refractivity (Wildman–Crippen MR) is 80.2 cm³/mol. The van der Waals surface area contributed by atoms with Crippen molar-refractivity contribution in [1.29, 1.82) is 0 Å². The SMILES string of the molecule is [C-]#[N+]c1ccc2nc(-c3cncnc3C(F)F)n(C3CC3)c2c1. The van der Waals surface area contributed by atoms with E-state index in [-0.39, 0.29) is 17.3 Å². The zero-order valence-corrected chi connectivity index (χ0v) is 11.9. The Balaban J connectivity index is 2.01. The van der Waals surface area contributed by atoms with Crippen LogP contribution in [0.1, 0.15) is 31.0 Å². The number of halogens is 2. The van der Waals surface area contributed by atoms with Gasteiger partial charge in [-0.2, -0.15) is 0 Å². The van der Waals surface area contributed by atoms with Gasteiger partial charge in [0.25, 0.3) is 6.43 Å². The Labute approximate surface area is 130 Å². The van der Waals surface area contributed by atoms with Crippen LogP contribution in [0.2, 0.25) is 0 Å². The van der Waals surface area contributed by atoms with Crippen LogP contribution in [-0.2, 0) is 0 Å². The zero-order chi connectivity index (χ0) is 16.0. The van der Waals surface area contributed by atoms with Crippen LogP contribution in [0.15, 0.2) is 30.7 Å². The molecule has 0 saturated heterocycles. The normalized spacial score (nSPS) is 14.3. The minimum Gasteiger partial charge on any atom is -0.322 e. The van der Waals surface area contributed by atoms with E-state index >= 15 is 0 Å². The number of fused-ring (bicyclic) bond motifs is 1. The van der Waals surface area contributed by atoms with Crippen molar-refractivity contribution in [1.82, 2.24) is 19.5 Å². The molecule has 1 saturated carbocycles. The lowest BCUT2D eigenvalue weighted by molar-refractivity contribution is 0.146. The van der Waals surface area contributed by atoms with Crippen molar-refractivity contribution in [3.63, 3.8) is 0 Å². The van der Waals surface area contributed by atoms with Crippen molar-refractivity contribution < 1.29 is 8.78 Å². The van der Waals surface area contributed by atoms with Crippen LogP contribution in [0.4, 0.5) is 14.5 Å². The van der Waals surface area contributed by atoms with Crippen LogP contribution in [0.25, 0.3) is 27.3 Å². The van der Waals surface area contributed by atoms with Crippen LogP contribution in [-0.4, -0.2) is 19.5 Å². The Morgan fingerprint density at radius 3 is 2.83 bits per heavy atom. The van der Waals surface area contributed by atoms with E-state index in [1.54, 1.807) is 18.2 Å². The first-order valence-electron chi connectivity index (χ1n) is 7.17. The summed E-state index contributed by atoms with van der Waals surface area (Å²) < 4.78 is 28.5. The molecule has 5 nitrogen and oxygen atoms in total. The van der Waals surface area contributed by atoms with E-state index in [9.17, 15) is 8.78 Å². The van der Waals surface area contributed by atoms with Crippen LogP contribution < -0.4 is 0 Å². The molecule has 0 atom stereocenters. The fourth-order valence-corrected chi connectivity index (χ4v) is 2.73. The molecule has 2 heterocycles. The molecule has 0 bridgehead atoms. The van der Waals surface area contributed by atoms with Crippen LogP contribution in [0, 0.1) is 6.57 Å². The largest absolute Gasteiger partial charge is 0.322 e. The van der Waals surface area contributed by atoms with E-state index in [1.165, 1.54) is 6.20 Å². The molecular weight excluding hydrogens is 300 g/mol.